The van der Waals surface area contributed by atoms with E-state index >= 15 is 0 Å². The third-order valence-electron chi connectivity index (χ3n) is 4.50. The second kappa shape index (κ2) is 5.88. The van der Waals surface area contributed by atoms with Crippen LogP contribution in [0.5, 0.6) is 0 Å². The summed E-state index contributed by atoms with van der Waals surface area (Å²) in [4.78, 5) is 1.49. The van der Waals surface area contributed by atoms with E-state index in [9.17, 15) is 0 Å². The number of hydrogen-bond donors (Lipinski definition) is 0. The summed E-state index contributed by atoms with van der Waals surface area (Å²) in [6.45, 7) is 0. The van der Waals surface area contributed by atoms with Crippen LogP contribution < -0.4 is 0 Å². The van der Waals surface area contributed by atoms with Gasteiger partial charge in [0.25, 0.3) is 0 Å². The highest BCUT2D eigenvalue weighted by Crippen LogP contribution is 2.43. The molecule has 1 aliphatic heterocycles. The fraction of sp³-hybridized carbons (Fsp3) is 0.625. The zero-order valence-corrected chi connectivity index (χ0v) is 12.3. The molecule has 0 bridgehead atoms. The van der Waals surface area contributed by atoms with Gasteiger partial charge in [0.05, 0.1) is 0 Å². The van der Waals surface area contributed by atoms with Crippen LogP contribution in [0.25, 0.3) is 0 Å². The van der Waals surface area contributed by atoms with Crippen LogP contribution in [0.4, 0.5) is 0 Å². The number of benzene rings is 1. The Bertz CT molecular complexity index is 398. The minimum Gasteiger partial charge on any atom is -0.125 e. The number of fused-ring (bicyclic) bond motifs is 1. The van der Waals surface area contributed by atoms with Crippen LogP contribution >= 0.6 is 23.4 Å². The van der Waals surface area contributed by atoms with Gasteiger partial charge in [0.15, 0.2) is 0 Å². The van der Waals surface area contributed by atoms with Crippen LogP contribution in [0.2, 0.25) is 0 Å². The fourth-order valence-corrected chi connectivity index (χ4v) is 5.06. The maximum Gasteiger partial charge on any atom is 0.0364 e. The van der Waals surface area contributed by atoms with Crippen molar-refractivity contribution in [2.75, 3.05) is 5.75 Å². The monoisotopic (exact) mass is 280 g/mol. The first-order valence-corrected chi connectivity index (χ1v) is 8.62. The van der Waals surface area contributed by atoms with Crippen LogP contribution in [-0.4, -0.2) is 11.1 Å². The minimum atomic E-state index is 0.422. The van der Waals surface area contributed by atoms with Gasteiger partial charge in [0.2, 0.25) is 0 Å². The average Bonchev–Trinajstić information content (AvgIpc) is 3.06. The molecule has 1 fully saturated rings. The van der Waals surface area contributed by atoms with Crippen molar-refractivity contribution in [1.82, 2.24) is 0 Å². The zero-order chi connectivity index (χ0) is 12.4. The van der Waals surface area contributed by atoms with Gasteiger partial charge in [0, 0.05) is 16.0 Å². The van der Waals surface area contributed by atoms with E-state index in [1.807, 2.05) is 11.8 Å². The van der Waals surface area contributed by atoms with Gasteiger partial charge in [-0.15, -0.1) is 23.4 Å². The summed E-state index contributed by atoms with van der Waals surface area (Å²) >= 11 is 8.60. The highest BCUT2D eigenvalue weighted by Gasteiger charge is 2.27. The lowest BCUT2D eigenvalue weighted by Gasteiger charge is -2.18. The summed E-state index contributed by atoms with van der Waals surface area (Å²) in [5.74, 6) is 2.80. The van der Waals surface area contributed by atoms with E-state index in [1.54, 1.807) is 5.56 Å². The number of rotatable bonds is 4. The van der Waals surface area contributed by atoms with Crippen molar-refractivity contribution < 1.29 is 0 Å². The standard InChI is InChI=1S/C16H21ClS/c17-15(12-5-1-2-6-12)10-9-13-11-18-16-8-4-3-7-14(13)16/h3-4,7-8,12-13,15H,1-2,5-6,9-11H2. The van der Waals surface area contributed by atoms with E-state index in [0.717, 1.165) is 11.8 Å². The molecule has 1 saturated carbocycles. The Morgan fingerprint density at radius 2 is 2.00 bits per heavy atom. The smallest absolute Gasteiger partial charge is 0.0364 e. The van der Waals surface area contributed by atoms with Gasteiger partial charge in [-0.3, -0.25) is 0 Å². The Morgan fingerprint density at radius 3 is 2.83 bits per heavy atom. The highest BCUT2D eigenvalue weighted by molar-refractivity contribution is 7.99. The van der Waals surface area contributed by atoms with Crippen LogP contribution in [0, 0.1) is 5.92 Å². The Kier molecular flexibility index (Phi) is 4.20. The van der Waals surface area contributed by atoms with Gasteiger partial charge in [-0.05, 0) is 49.1 Å². The first kappa shape index (κ1) is 12.9. The lowest BCUT2D eigenvalue weighted by molar-refractivity contribution is 0.469. The van der Waals surface area contributed by atoms with Crippen LogP contribution in [0.3, 0.4) is 0 Å². The molecule has 2 heteroatoms. The van der Waals surface area contributed by atoms with Gasteiger partial charge in [-0.2, -0.15) is 0 Å². The molecule has 18 heavy (non-hydrogen) atoms. The largest absolute Gasteiger partial charge is 0.125 e. The molecule has 1 aromatic rings. The maximum absolute atomic E-state index is 6.59. The summed E-state index contributed by atoms with van der Waals surface area (Å²) < 4.78 is 0. The molecular weight excluding hydrogens is 260 g/mol. The molecule has 2 atom stereocenters. The van der Waals surface area contributed by atoms with Crippen LogP contribution in [0.1, 0.15) is 50.0 Å². The van der Waals surface area contributed by atoms with Gasteiger partial charge < -0.3 is 0 Å². The summed E-state index contributed by atoms with van der Waals surface area (Å²) in [7, 11) is 0. The van der Waals surface area contributed by atoms with Crippen LogP contribution in [0.15, 0.2) is 29.2 Å². The van der Waals surface area contributed by atoms with Gasteiger partial charge in [-0.25, -0.2) is 0 Å². The summed E-state index contributed by atoms with van der Waals surface area (Å²) in [6.07, 6.45) is 8.00. The van der Waals surface area contributed by atoms with E-state index in [4.69, 9.17) is 11.6 Å². The summed E-state index contributed by atoms with van der Waals surface area (Å²) in [5.41, 5.74) is 1.57. The predicted molar refractivity (Wildman–Crippen MR) is 80.7 cm³/mol. The molecule has 0 N–H and O–H groups in total. The second-order valence-electron chi connectivity index (χ2n) is 5.68. The lowest BCUT2D eigenvalue weighted by Crippen LogP contribution is -2.12. The molecule has 2 unspecified atom stereocenters. The number of thioether (sulfide) groups is 1. The third kappa shape index (κ3) is 2.72. The molecule has 0 spiro atoms. The normalized spacial score (nSPS) is 25.3. The maximum atomic E-state index is 6.59. The molecule has 2 aliphatic rings. The molecule has 0 saturated heterocycles. The molecule has 98 valence electrons. The van der Waals surface area contributed by atoms with Crippen LogP contribution in [-0.2, 0) is 0 Å². The molecule has 1 aliphatic carbocycles. The Morgan fingerprint density at radius 1 is 1.22 bits per heavy atom. The second-order valence-corrected chi connectivity index (χ2v) is 7.31. The van der Waals surface area contributed by atoms with Crippen molar-refractivity contribution >= 4 is 23.4 Å². The van der Waals surface area contributed by atoms with E-state index in [2.05, 4.69) is 24.3 Å². The molecule has 0 amide bonds. The van der Waals surface area contributed by atoms with Crippen molar-refractivity contribution in [2.45, 2.75) is 54.7 Å². The van der Waals surface area contributed by atoms with Crippen molar-refractivity contribution in [2.24, 2.45) is 5.92 Å². The molecule has 1 aromatic carbocycles. The van der Waals surface area contributed by atoms with Gasteiger partial charge >= 0.3 is 0 Å². The predicted octanol–water partition coefficient (Wildman–Crippen LogP) is 5.45. The highest BCUT2D eigenvalue weighted by atomic mass is 35.5. The quantitative estimate of drug-likeness (QED) is 0.661. The third-order valence-corrected chi connectivity index (χ3v) is 6.33. The van der Waals surface area contributed by atoms with Crippen molar-refractivity contribution in [3.05, 3.63) is 29.8 Å². The Hall–Kier alpha value is -0.140. The number of halogens is 1. The van der Waals surface area contributed by atoms with Gasteiger partial charge in [0.1, 0.15) is 0 Å². The molecule has 0 nitrogen and oxygen atoms in total. The average molecular weight is 281 g/mol. The zero-order valence-electron chi connectivity index (χ0n) is 10.8. The summed E-state index contributed by atoms with van der Waals surface area (Å²) in [6, 6.07) is 8.89. The molecule has 1 heterocycles. The molecule has 3 rings (SSSR count). The van der Waals surface area contributed by atoms with Crippen molar-refractivity contribution in [3.8, 4) is 0 Å². The Labute approximate surface area is 119 Å². The molecule has 0 aromatic heterocycles. The SMILES string of the molecule is ClC(CCC1CSc2ccccc21)C1CCCC1. The topological polar surface area (TPSA) is 0 Å². The minimum absolute atomic E-state index is 0.422. The first-order chi connectivity index (χ1) is 8.84. The number of alkyl halides is 1. The van der Waals surface area contributed by atoms with Crippen molar-refractivity contribution in [3.63, 3.8) is 0 Å². The van der Waals surface area contributed by atoms with E-state index in [0.29, 0.717) is 5.38 Å². The van der Waals surface area contributed by atoms with E-state index in [-0.39, 0.29) is 0 Å². The Balaban J connectivity index is 1.55. The van der Waals surface area contributed by atoms with E-state index < -0.39 is 0 Å². The fourth-order valence-electron chi connectivity index (χ4n) is 3.38. The van der Waals surface area contributed by atoms with Crippen molar-refractivity contribution in [1.29, 1.82) is 0 Å². The molecule has 0 radical (unpaired) electrons. The van der Waals surface area contributed by atoms with E-state index in [1.165, 1.54) is 49.2 Å². The first-order valence-electron chi connectivity index (χ1n) is 7.20. The summed E-state index contributed by atoms with van der Waals surface area (Å²) in [5, 5.41) is 0.422. The number of hydrogen-bond acceptors (Lipinski definition) is 1. The molecular formula is C16H21ClS. The van der Waals surface area contributed by atoms with Gasteiger partial charge in [-0.1, -0.05) is 31.0 Å². The lowest BCUT2D eigenvalue weighted by atomic mass is 9.92.